The normalized spacial score (nSPS) is 22.6. The third-order valence-corrected chi connectivity index (χ3v) is 3.79. The second-order valence-electron chi connectivity index (χ2n) is 5.14. The number of benzene rings is 1. The fourth-order valence-corrected chi connectivity index (χ4v) is 2.55. The first-order valence-electron chi connectivity index (χ1n) is 7.15. The van der Waals surface area contributed by atoms with Crippen LogP contribution in [0, 0.1) is 0 Å². The molecule has 2 amide bonds. The van der Waals surface area contributed by atoms with Gasteiger partial charge in [-0.3, -0.25) is 9.69 Å². The Labute approximate surface area is 123 Å². The van der Waals surface area contributed by atoms with Crippen molar-refractivity contribution in [1.82, 2.24) is 0 Å². The number of carbonyl (C=O) groups excluding carboxylic acids is 2. The number of anilines is 2. The van der Waals surface area contributed by atoms with Crippen LogP contribution in [0.1, 0.15) is 13.3 Å². The van der Waals surface area contributed by atoms with Gasteiger partial charge in [0.25, 0.3) is 5.91 Å². The van der Waals surface area contributed by atoms with Crippen LogP contribution in [0.25, 0.3) is 0 Å². The molecular weight excluding hydrogens is 272 g/mol. The van der Waals surface area contributed by atoms with Gasteiger partial charge in [0.2, 0.25) is 0 Å². The molecule has 2 fully saturated rings. The molecule has 6 heteroatoms. The van der Waals surface area contributed by atoms with Crippen molar-refractivity contribution < 1.29 is 19.1 Å². The first-order chi connectivity index (χ1) is 10.2. The van der Waals surface area contributed by atoms with E-state index in [1.807, 2.05) is 31.2 Å². The highest BCUT2D eigenvalue weighted by atomic mass is 16.6. The summed E-state index contributed by atoms with van der Waals surface area (Å²) in [6.45, 7) is 3.80. The van der Waals surface area contributed by atoms with Gasteiger partial charge in [-0.1, -0.05) is 6.92 Å². The quantitative estimate of drug-likeness (QED) is 0.851. The molecule has 0 bridgehead atoms. The standard InChI is InChI=1S/C15H18N2O4/c1-2-13-9-17(15(19)21-13)12-5-3-11(4-6-12)16-7-8-20-10-14(16)18/h3-6,13H,2,7-10H2,1H3/t13-/m1/s1. The summed E-state index contributed by atoms with van der Waals surface area (Å²) in [5.74, 6) is -0.0411. The van der Waals surface area contributed by atoms with Gasteiger partial charge in [0, 0.05) is 17.9 Å². The predicted octanol–water partition coefficient (Wildman–Crippen LogP) is 1.79. The maximum Gasteiger partial charge on any atom is 0.414 e. The highest BCUT2D eigenvalue weighted by Crippen LogP contribution is 2.26. The van der Waals surface area contributed by atoms with Gasteiger partial charge in [-0.05, 0) is 30.7 Å². The zero-order chi connectivity index (χ0) is 14.8. The van der Waals surface area contributed by atoms with Crippen LogP contribution in [0.15, 0.2) is 24.3 Å². The predicted molar refractivity (Wildman–Crippen MR) is 77.5 cm³/mol. The molecule has 0 spiro atoms. The molecule has 2 heterocycles. The van der Waals surface area contributed by atoms with Crippen molar-refractivity contribution in [3.05, 3.63) is 24.3 Å². The molecular formula is C15H18N2O4. The Morgan fingerprint density at radius 2 is 1.81 bits per heavy atom. The van der Waals surface area contributed by atoms with Crippen molar-refractivity contribution in [2.75, 3.05) is 36.1 Å². The lowest BCUT2D eigenvalue weighted by molar-refractivity contribution is -0.125. The first kappa shape index (κ1) is 13.9. The molecule has 21 heavy (non-hydrogen) atoms. The van der Waals surface area contributed by atoms with Gasteiger partial charge >= 0.3 is 6.09 Å². The van der Waals surface area contributed by atoms with E-state index in [1.54, 1.807) is 9.80 Å². The number of rotatable bonds is 3. The van der Waals surface area contributed by atoms with E-state index in [1.165, 1.54) is 0 Å². The molecule has 0 unspecified atom stereocenters. The Morgan fingerprint density at radius 3 is 2.38 bits per heavy atom. The fraction of sp³-hybridized carbons (Fsp3) is 0.467. The average molecular weight is 290 g/mol. The zero-order valence-electron chi connectivity index (χ0n) is 11.9. The van der Waals surface area contributed by atoms with Gasteiger partial charge in [0.05, 0.1) is 13.2 Å². The highest BCUT2D eigenvalue weighted by molar-refractivity contribution is 5.95. The molecule has 0 aromatic heterocycles. The van der Waals surface area contributed by atoms with Crippen molar-refractivity contribution in [3.63, 3.8) is 0 Å². The molecule has 0 saturated carbocycles. The van der Waals surface area contributed by atoms with Crippen LogP contribution < -0.4 is 9.80 Å². The van der Waals surface area contributed by atoms with Gasteiger partial charge in [-0.25, -0.2) is 4.79 Å². The first-order valence-corrected chi connectivity index (χ1v) is 7.15. The Bertz CT molecular complexity index is 543. The van der Waals surface area contributed by atoms with Crippen LogP contribution >= 0.6 is 0 Å². The lowest BCUT2D eigenvalue weighted by Gasteiger charge is -2.27. The largest absolute Gasteiger partial charge is 0.444 e. The van der Waals surface area contributed by atoms with Crippen LogP contribution in [0.4, 0.5) is 16.2 Å². The Kier molecular flexibility index (Phi) is 3.79. The number of carbonyl (C=O) groups is 2. The van der Waals surface area contributed by atoms with Gasteiger partial charge in [-0.15, -0.1) is 0 Å². The number of ether oxygens (including phenoxy) is 2. The molecule has 0 N–H and O–H groups in total. The highest BCUT2D eigenvalue weighted by Gasteiger charge is 2.31. The van der Waals surface area contributed by atoms with E-state index in [-0.39, 0.29) is 24.7 Å². The third-order valence-electron chi connectivity index (χ3n) is 3.79. The van der Waals surface area contributed by atoms with Crippen LogP contribution in [0.2, 0.25) is 0 Å². The molecule has 6 nitrogen and oxygen atoms in total. The number of amides is 2. The lowest BCUT2D eigenvalue weighted by atomic mass is 10.2. The van der Waals surface area contributed by atoms with Gasteiger partial charge in [0.15, 0.2) is 0 Å². The number of morpholine rings is 1. The Hall–Kier alpha value is -2.08. The summed E-state index contributed by atoms with van der Waals surface area (Å²) in [5, 5.41) is 0. The Balaban J connectivity index is 1.75. The average Bonchev–Trinajstić information content (AvgIpc) is 2.89. The van der Waals surface area contributed by atoms with Gasteiger partial charge in [0.1, 0.15) is 12.7 Å². The minimum Gasteiger partial charge on any atom is -0.444 e. The van der Waals surface area contributed by atoms with E-state index in [0.29, 0.717) is 19.7 Å². The number of hydrogen-bond donors (Lipinski definition) is 0. The summed E-state index contributed by atoms with van der Waals surface area (Å²) < 4.78 is 10.4. The molecule has 1 aromatic carbocycles. The minimum absolute atomic E-state index is 0.0411. The SMILES string of the molecule is CC[C@@H]1CN(c2ccc(N3CCOCC3=O)cc2)C(=O)O1. The molecule has 1 atom stereocenters. The molecule has 2 aliphatic rings. The summed E-state index contributed by atoms with van der Waals surface area (Å²) in [6.07, 6.45) is 0.456. The summed E-state index contributed by atoms with van der Waals surface area (Å²) in [4.78, 5) is 26.9. The molecule has 2 aliphatic heterocycles. The zero-order valence-corrected chi connectivity index (χ0v) is 11.9. The second kappa shape index (κ2) is 5.73. The van der Waals surface area contributed by atoms with E-state index in [4.69, 9.17) is 9.47 Å². The van der Waals surface area contributed by atoms with Crippen LogP contribution in [0.3, 0.4) is 0 Å². The fourth-order valence-electron chi connectivity index (χ4n) is 2.55. The molecule has 1 aromatic rings. The third kappa shape index (κ3) is 2.71. The summed E-state index contributed by atoms with van der Waals surface area (Å²) >= 11 is 0. The number of hydrogen-bond acceptors (Lipinski definition) is 4. The van der Waals surface area contributed by atoms with E-state index in [0.717, 1.165) is 17.8 Å². The molecule has 112 valence electrons. The second-order valence-corrected chi connectivity index (χ2v) is 5.14. The minimum atomic E-state index is -0.308. The van der Waals surface area contributed by atoms with Gasteiger partial charge < -0.3 is 14.4 Å². The molecule has 0 aliphatic carbocycles. The van der Waals surface area contributed by atoms with Crippen LogP contribution in [-0.4, -0.2) is 44.4 Å². The van der Waals surface area contributed by atoms with E-state index in [9.17, 15) is 9.59 Å². The number of nitrogens with zero attached hydrogens (tertiary/aromatic N) is 2. The maximum absolute atomic E-state index is 11.8. The topological polar surface area (TPSA) is 59.1 Å². The monoisotopic (exact) mass is 290 g/mol. The maximum atomic E-state index is 11.8. The van der Waals surface area contributed by atoms with Crippen molar-refractivity contribution in [2.45, 2.75) is 19.4 Å². The summed E-state index contributed by atoms with van der Waals surface area (Å²) in [7, 11) is 0. The summed E-state index contributed by atoms with van der Waals surface area (Å²) in [5.41, 5.74) is 1.62. The van der Waals surface area contributed by atoms with E-state index >= 15 is 0 Å². The molecule has 3 rings (SSSR count). The smallest absolute Gasteiger partial charge is 0.414 e. The lowest BCUT2D eigenvalue weighted by Crippen LogP contribution is -2.41. The Morgan fingerprint density at radius 1 is 1.14 bits per heavy atom. The van der Waals surface area contributed by atoms with Crippen molar-refractivity contribution in [3.8, 4) is 0 Å². The van der Waals surface area contributed by atoms with Crippen molar-refractivity contribution in [1.29, 1.82) is 0 Å². The number of cyclic esters (lactones) is 1. The molecule has 0 radical (unpaired) electrons. The van der Waals surface area contributed by atoms with Gasteiger partial charge in [-0.2, -0.15) is 0 Å². The van der Waals surface area contributed by atoms with Crippen molar-refractivity contribution >= 4 is 23.4 Å². The summed E-state index contributed by atoms with van der Waals surface area (Å²) in [6, 6.07) is 7.39. The van der Waals surface area contributed by atoms with E-state index in [2.05, 4.69) is 0 Å². The van der Waals surface area contributed by atoms with Crippen LogP contribution in [-0.2, 0) is 14.3 Å². The van der Waals surface area contributed by atoms with Crippen LogP contribution in [0.5, 0.6) is 0 Å². The van der Waals surface area contributed by atoms with E-state index < -0.39 is 0 Å². The molecule has 2 saturated heterocycles. The van der Waals surface area contributed by atoms with Crippen molar-refractivity contribution in [2.24, 2.45) is 0 Å².